The first-order valence-electron chi connectivity index (χ1n) is 11.4. The lowest BCUT2D eigenvalue weighted by molar-refractivity contribution is -0.144. The monoisotopic (exact) mass is 474 g/mol. The van der Waals surface area contributed by atoms with E-state index in [-0.39, 0.29) is 18.0 Å². The molecule has 2 aromatic heterocycles. The Morgan fingerprint density at radius 1 is 0.971 bits per heavy atom. The van der Waals surface area contributed by atoms with E-state index in [0.717, 1.165) is 61.7 Å². The molecule has 1 saturated carbocycles. The maximum atomic E-state index is 12.9. The quantitative estimate of drug-likeness (QED) is 0.592. The smallest absolute Gasteiger partial charge is 0.451 e. The zero-order valence-corrected chi connectivity index (χ0v) is 18.5. The van der Waals surface area contributed by atoms with E-state index in [1.807, 2.05) is 12.1 Å². The summed E-state index contributed by atoms with van der Waals surface area (Å²) in [6.07, 6.45) is 2.90. The van der Waals surface area contributed by atoms with Gasteiger partial charge < -0.3 is 19.7 Å². The second kappa shape index (κ2) is 9.57. The summed E-state index contributed by atoms with van der Waals surface area (Å²) in [5, 5.41) is 3.11. The Morgan fingerprint density at radius 3 is 2.50 bits per heavy atom. The predicted molar refractivity (Wildman–Crippen MR) is 120 cm³/mol. The number of halogens is 3. The lowest BCUT2D eigenvalue weighted by atomic mass is 9.93. The van der Waals surface area contributed by atoms with Crippen LogP contribution < -0.4 is 15.0 Å². The van der Waals surface area contributed by atoms with Crippen LogP contribution in [0.4, 0.5) is 24.7 Å². The number of hydrogen-bond donors (Lipinski definition) is 1. The lowest BCUT2D eigenvalue weighted by Crippen LogP contribution is -2.36. The molecule has 11 heteroatoms. The van der Waals surface area contributed by atoms with Crippen LogP contribution in [-0.4, -0.2) is 58.4 Å². The molecule has 3 aromatic rings. The van der Waals surface area contributed by atoms with Crippen LogP contribution in [0.25, 0.3) is 11.0 Å². The number of aromatic nitrogens is 4. The van der Waals surface area contributed by atoms with Crippen molar-refractivity contribution in [3.63, 3.8) is 0 Å². The van der Waals surface area contributed by atoms with Gasteiger partial charge in [-0.1, -0.05) is 0 Å². The summed E-state index contributed by atoms with van der Waals surface area (Å²) in [5.74, 6) is -0.247. The summed E-state index contributed by atoms with van der Waals surface area (Å²) < 4.78 is 50.5. The number of ether oxygens (including phenoxy) is 2. The molecule has 1 aliphatic carbocycles. The summed E-state index contributed by atoms with van der Waals surface area (Å²) in [5.41, 5.74) is 2.53. The summed E-state index contributed by atoms with van der Waals surface area (Å²) in [7, 11) is 0. The normalized spacial score (nSPS) is 21.4. The molecule has 2 fully saturated rings. The fourth-order valence-corrected chi connectivity index (χ4v) is 4.41. The van der Waals surface area contributed by atoms with Gasteiger partial charge in [-0.3, -0.25) is 4.98 Å². The van der Waals surface area contributed by atoms with Crippen LogP contribution in [0.15, 0.2) is 36.8 Å². The Kier molecular flexibility index (Phi) is 6.36. The molecule has 1 N–H and O–H groups in total. The van der Waals surface area contributed by atoms with E-state index in [4.69, 9.17) is 9.47 Å². The Morgan fingerprint density at radius 2 is 1.74 bits per heavy atom. The summed E-state index contributed by atoms with van der Waals surface area (Å²) >= 11 is 0. The van der Waals surface area contributed by atoms with E-state index in [2.05, 4.69) is 30.2 Å². The molecule has 3 heterocycles. The fraction of sp³-hybridized carbons (Fsp3) is 0.478. The predicted octanol–water partition coefficient (Wildman–Crippen LogP) is 4.08. The van der Waals surface area contributed by atoms with E-state index >= 15 is 0 Å². The van der Waals surface area contributed by atoms with Crippen molar-refractivity contribution in [3.8, 4) is 5.75 Å². The van der Waals surface area contributed by atoms with Gasteiger partial charge in [0.2, 0.25) is 5.82 Å². The fourth-order valence-electron chi connectivity index (χ4n) is 4.41. The maximum absolute atomic E-state index is 12.9. The molecular formula is C23H25F3N6O2. The van der Waals surface area contributed by atoms with Crippen LogP contribution in [0.3, 0.4) is 0 Å². The van der Waals surface area contributed by atoms with Gasteiger partial charge >= 0.3 is 6.18 Å². The Labute approximate surface area is 194 Å². The van der Waals surface area contributed by atoms with Gasteiger partial charge in [0.25, 0.3) is 0 Å². The summed E-state index contributed by atoms with van der Waals surface area (Å²) in [4.78, 5) is 18.1. The first-order chi connectivity index (χ1) is 16.5. The van der Waals surface area contributed by atoms with Crippen LogP contribution in [0.2, 0.25) is 0 Å². The van der Waals surface area contributed by atoms with Gasteiger partial charge in [0.1, 0.15) is 17.1 Å². The molecule has 0 atom stereocenters. The summed E-state index contributed by atoms with van der Waals surface area (Å²) in [6.45, 7) is 2.98. The van der Waals surface area contributed by atoms with Gasteiger partial charge in [-0.15, -0.1) is 0 Å². The molecule has 34 heavy (non-hydrogen) atoms. The number of hydrogen-bond acceptors (Lipinski definition) is 8. The molecule has 8 nitrogen and oxygen atoms in total. The van der Waals surface area contributed by atoms with Crippen molar-refractivity contribution >= 4 is 22.5 Å². The van der Waals surface area contributed by atoms with Gasteiger partial charge in [0, 0.05) is 49.5 Å². The number of benzene rings is 1. The van der Waals surface area contributed by atoms with E-state index < -0.39 is 12.0 Å². The van der Waals surface area contributed by atoms with Crippen molar-refractivity contribution < 1.29 is 22.6 Å². The van der Waals surface area contributed by atoms with Crippen molar-refractivity contribution in [2.75, 3.05) is 36.5 Å². The van der Waals surface area contributed by atoms with Crippen LogP contribution in [0.1, 0.15) is 31.5 Å². The topological polar surface area (TPSA) is 85.3 Å². The SMILES string of the molecule is FC(F)(F)c1nccc(N[C@H]2CC[C@@H](Oc3cc(N4CCOCC4)cc4nccnc34)CC2)n1. The van der Waals surface area contributed by atoms with Crippen LogP contribution in [-0.2, 0) is 10.9 Å². The molecule has 0 amide bonds. The van der Waals surface area contributed by atoms with Crippen molar-refractivity contribution in [1.82, 2.24) is 19.9 Å². The minimum absolute atomic E-state index is 0.0145. The molecule has 180 valence electrons. The van der Waals surface area contributed by atoms with Crippen molar-refractivity contribution in [3.05, 3.63) is 42.6 Å². The van der Waals surface area contributed by atoms with Crippen molar-refractivity contribution in [2.24, 2.45) is 0 Å². The molecule has 5 rings (SSSR count). The van der Waals surface area contributed by atoms with E-state index in [1.54, 1.807) is 12.4 Å². The molecule has 1 aromatic carbocycles. The standard InChI is InChI=1S/C23H25F3N6O2/c24-23(25,26)22-29-6-5-20(31-22)30-15-1-3-17(4-2-15)34-19-14-16(32-9-11-33-12-10-32)13-18-21(19)28-8-7-27-18/h5-8,13-15,17H,1-4,9-12H2,(H,29,30,31)/t15-,17+. The molecule has 1 aliphatic heterocycles. The Hall–Kier alpha value is -3.21. The number of morpholine rings is 1. The maximum Gasteiger partial charge on any atom is 0.451 e. The first-order valence-corrected chi connectivity index (χ1v) is 11.4. The highest BCUT2D eigenvalue weighted by Crippen LogP contribution is 2.33. The number of rotatable bonds is 5. The number of nitrogens with zero attached hydrogens (tertiary/aromatic N) is 5. The lowest BCUT2D eigenvalue weighted by Gasteiger charge is -2.31. The third-order valence-electron chi connectivity index (χ3n) is 6.13. The van der Waals surface area contributed by atoms with Crippen LogP contribution in [0.5, 0.6) is 5.75 Å². The molecule has 0 unspecified atom stereocenters. The average Bonchev–Trinajstić information content (AvgIpc) is 2.85. The van der Waals surface area contributed by atoms with Gasteiger partial charge in [-0.2, -0.15) is 13.2 Å². The highest BCUT2D eigenvalue weighted by atomic mass is 19.4. The van der Waals surface area contributed by atoms with E-state index in [9.17, 15) is 13.2 Å². The summed E-state index contributed by atoms with van der Waals surface area (Å²) in [6, 6.07) is 5.52. The van der Waals surface area contributed by atoms with Crippen LogP contribution >= 0.6 is 0 Å². The second-order valence-corrected chi connectivity index (χ2v) is 8.47. The van der Waals surface area contributed by atoms with Gasteiger partial charge in [-0.05, 0) is 37.8 Å². The van der Waals surface area contributed by atoms with Gasteiger partial charge in [0.05, 0.1) is 24.8 Å². The Balaban J connectivity index is 1.25. The zero-order valence-electron chi connectivity index (χ0n) is 18.5. The Bertz CT molecular complexity index is 1130. The first kappa shape index (κ1) is 22.6. The van der Waals surface area contributed by atoms with Gasteiger partial charge in [-0.25, -0.2) is 15.0 Å². The number of anilines is 2. The third-order valence-corrected chi connectivity index (χ3v) is 6.13. The van der Waals surface area contributed by atoms with Crippen molar-refractivity contribution in [1.29, 1.82) is 0 Å². The highest BCUT2D eigenvalue weighted by Gasteiger charge is 2.35. The van der Waals surface area contributed by atoms with E-state index in [1.165, 1.54) is 6.07 Å². The minimum atomic E-state index is -4.56. The molecule has 0 bridgehead atoms. The zero-order chi connectivity index (χ0) is 23.5. The largest absolute Gasteiger partial charge is 0.488 e. The van der Waals surface area contributed by atoms with Crippen molar-refractivity contribution in [2.45, 2.75) is 44.0 Å². The molecule has 0 spiro atoms. The number of alkyl halides is 3. The second-order valence-electron chi connectivity index (χ2n) is 8.47. The average molecular weight is 474 g/mol. The number of nitrogens with one attached hydrogen (secondary N) is 1. The molecular weight excluding hydrogens is 449 g/mol. The minimum Gasteiger partial charge on any atom is -0.488 e. The molecule has 1 saturated heterocycles. The van der Waals surface area contributed by atoms with Crippen LogP contribution in [0, 0.1) is 0 Å². The number of fused-ring (bicyclic) bond motifs is 1. The molecule has 2 aliphatic rings. The highest BCUT2D eigenvalue weighted by molar-refractivity contribution is 5.85. The molecule has 0 radical (unpaired) electrons. The van der Waals surface area contributed by atoms with E-state index in [0.29, 0.717) is 19.0 Å². The third kappa shape index (κ3) is 5.14. The van der Waals surface area contributed by atoms with Gasteiger partial charge in [0.15, 0.2) is 0 Å².